The maximum Gasteiger partial charge on any atom is 0.251 e. The molecule has 8 heteroatoms. The molecule has 34 heavy (non-hydrogen) atoms. The number of rotatable bonds is 8. The van der Waals surface area contributed by atoms with Crippen molar-refractivity contribution in [1.29, 1.82) is 5.41 Å². The summed E-state index contributed by atoms with van der Waals surface area (Å²) >= 11 is 0. The van der Waals surface area contributed by atoms with Crippen molar-refractivity contribution >= 4 is 23.5 Å². The monoisotopic (exact) mass is 460 g/mol. The highest BCUT2D eigenvalue weighted by atomic mass is 16.5. The number of carbonyl (C=O) groups excluding carboxylic acids is 2. The van der Waals surface area contributed by atoms with Crippen molar-refractivity contribution in [3.8, 4) is 11.5 Å². The number of nitrogens with zero attached hydrogens (tertiary/aromatic N) is 1. The predicted octanol–water partition coefficient (Wildman–Crippen LogP) is 3.41. The molecule has 0 saturated carbocycles. The molecule has 176 valence electrons. The molecule has 0 aliphatic carbocycles. The fourth-order valence-corrected chi connectivity index (χ4v) is 3.53. The number of carbonyl (C=O) groups is 2. The number of benzene rings is 3. The fraction of sp³-hybridized carbons (Fsp3) is 0.192. The van der Waals surface area contributed by atoms with Crippen molar-refractivity contribution < 1.29 is 19.1 Å². The zero-order chi connectivity index (χ0) is 24.7. The number of hydrogen-bond donors (Lipinski definition) is 3. The van der Waals surface area contributed by atoms with E-state index >= 15 is 0 Å². The molecule has 3 rings (SSSR count). The van der Waals surface area contributed by atoms with E-state index in [-0.39, 0.29) is 30.7 Å². The molecule has 0 saturated heterocycles. The van der Waals surface area contributed by atoms with Crippen molar-refractivity contribution in [3.05, 3.63) is 89.0 Å². The van der Waals surface area contributed by atoms with Crippen molar-refractivity contribution in [1.82, 2.24) is 5.32 Å². The summed E-state index contributed by atoms with van der Waals surface area (Å²) in [6.07, 6.45) is 0.127. The van der Waals surface area contributed by atoms with Crippen LogP contribution in [0.25, 0.3) is 0 Å². The molecule has 3 aromatic rings. The molecule has 0 atom stereocenters. The van der Waals surface area contributed by atoms with Gasteiger partial charge in [0.1, 0.15) is 11.5 Å². The smallest absolute Gasteiger partial charge is 0.251 e. The van der Waals surface area contributed by atoms with Gasteiger partial charge in [0.2, 0.25) is 5.91 Å². The van der Waals surface area contributed by atoms with E-state index in [1.807, 2.05) is 37.3 Å². The highest BCUT2D eigenvalue weighted by molar-refractivity contribution is 6.15. The van der Waals surface area contributed by atoms with Gasteiger partial charge in [-0.25, -0.2) is 0 Å². The van der Waals surface area contributed by atoms with Gasteiger partial charge in [0, 0.05) is 17.7 Å². The van der Waals surface area contributed by atoms with E-state index in [2.05, 4.69) is 5.32 Å². The van der Waals surface area contributed by atoms with Gasteiger partial charge in [0.25, 0.3) is 5.91 Å². The lowest BCUT2D eigenvalue weighted by Crippen LogP contribution is -2.42. The topological polar surface area (TPSA) is 118 Å². The minimum atomic E-state index is -0.357. The highest BCUT2D eigenvalue weighted by Crippen LogP contribution is 2.29. The first-order chi connectivity index (χ1) is 16.3. The molecule has 0 spiro atoms. The third-order valence-electron chi connectivity index (χ3n) is 5.35. The Labute approximate surface area is 198 Å². The van der Waals surface area contributed by atoms with E-state index in [1.54, 1.807) is 50.6 Å². The Balaban J connectivity index is 1.68. The average molecular weight is 461 g/mol. The number of amides is 2. The molecule has 0 aliphatic rings. The van der Waals surface area contributed by atoms with Crippen molar-refractivity contribution in [2.75, 3.05) is 19.1 Å². The van der Waals surface area contributed by atoms with Crippen molar-refractivity contribution in [2.24, 2.45) is 5.73 Å². The van der Waals surface area contributed by atoms with Gasteiger partial charge in [-0.15, -0.1) is 0 Å². The minimum absolute atomic E-state index is 0.127. The predicted molar refractivity (Wildman–Crippen MR) is 131 cm³/mol. The van der Waals surface area contributed by atoms with E-state index in [4.69, 9.17) is 20.6 Å². The molecule has 8 nitrogen and oxygen atoms in total. The summed E-state index contributed by atoms with van der Waals surface area (Å²) in [6, 6.07) is 19.6. The first-order valence-corrected chi connectivity index (χ1v) is 10.6. The lowest BCUT2D eigenvalue weighted by molar-refractivity contribution is -0.117. The van der Waals surface area contributed by atoms with Gasteiger partial charge < -0.3 is 20.5 Å². The second-order valence-corrected chi connectivity index (χ2v) is 7.63. The third-order valence-corrected chi connectivity index (χ3v) is 5.35. The molecule has 0 aliphatic heterocycles. The average Bonchev–Trinajstić information content (AvgIpc) is 2.84. The maximum absolute atomic E-state index is 12.8. The van der Waals surface area contributed by atoms with E-state index in [0.717, 1.165) is 16.7 Å². The van der Waals surface area contributed by atoms with E-state index in [0.29, 0.717) is 22.7 Å². The molecule has 3 aromatic carbocycles. The Morgan fingerprint density at radius 1 is 0.941 bits per heavy atom. The van der Waals surface area contributed by atoms with Crippen LogP contribution in [0.1, 0.15) is 27.0 Å². The number of hydrogen-bond acceptors (Lipinski definition) is 5. The van der Waals surface area contributed by atoms with Crippen LogP contribution >= 0.6 is 0 Å². The Morgan fingerprint density at radius 3 is 2.06 bits per heavy atom. The van der Waals surface area contributed by atoms with Crippen LogP contribution in [0.5, 0.6) is 11.5 Å². The number of ether oxygens (including phenoxy) is 2. The number of nitrogens with two attached hydrogens (primary N) is 1. The summed E-state index contributed by atoms with van der Waals surface area (Å²) in [6.45, 7) is 2.13. The Hall–Kier alpha value is -4.33. The van der Waals surface area contributed by atoms with Gasteiger partial charge in [0.15, 0.2) is 5.96 Å². The van der Waals surface area contributed by atoms with Crippen molar-refractivity contribution in [3.63, 3.8) is 0 Å². The Morgan fingerprint density at radius 2 is 1.53 bits per heavy atom. The number of methoxy groups -OCH3 is 2. The molecule has 0 bridgehead atoms. The lowest BCUT2D eigenvalue weighted by Gasteiger charge is -2.21. The summed E-state index contributed by atoms with van der Waals surface area (Å²) in [4.78, 5) is 26.6. The quantitative estimate of drug-likeness (QED) is 0.352. The number of nitrogens with one attached hydrogen (secondary N) is 2. The SMILES string of the molecule is COc1cc(C(=O)NCc2ccc(N(C(=N)N)C(=O)Cc3ccccc3)cc2)cc(OC)c1C. The second kappa shape index (κ2) is 11.0. The molecule has 0 fully saturated rings. The molecular weight excluding hydrogens is 432 g/mol. The van der Waals surface area contributed by atoms with Crippen LogP contribution < -0.4 is 25.4 Å². The highest BCUT2D eigenvalue weighted by Gasteiger charge is 2.19. The largest absolute Gasteiger partial charge is 0.496 e. The van der Waals surface area contributed by atoms with Gasteiger partial charge in [0.05, 0.1) is 26.3 Å². The Kier molecular flexibility index (Phi) is 7.87. The molecule has 0 unspecified atom stereocenters. The third kappa shape index (κ3) is 5.72. The van der Waals surface area contributed by atoms with Crippen molar-refractivity contribution in [2.45, 2.75) is 19.9 Å². The first-order valence-electron chi connectivity index (χ1n) is 10.6. The Bertz CT molecular complexity index is 1150. The number of anilines is 1. The maximum atomic E-state index is 12.8. The summed E-state index contributed by atoms with van der Waals surface area (Å²) in [5, 5.41) is 10.7. The second-order valence-electron chi connectivity index (χ2n) is 7.63. The molecule has 0 heterocycles. The first kappa shape index (κ1) is 24.3. The normalized spacial score (nSPS) is 10.3. The fourth-order valence-electron chi connectivity index (χ4n) is 3.53. The van der Waals surface area contributed by atoms with Gasteiger partial charge in [-0.1, -0.05) is 42.5 Å². The van der Waals surface area contributed by atoms with E-state index in [1.165, 1.54) is 4.90 Å². The minimum Gasteiger partial charge on any atom is -0.496 e. The summed E-state index contributed by atoms with van der Waals surface area (Å²) < 4.78 is 10.7. The molecule has 0 radical (unpaired) electrons. The van der Waals surface area contributed by atoms with Crippen LogP contribution in [-0.2, 0) is 17.8 Å². The molecule has 4 N–H and O–H groups in total. The standard InChI is InChI=1S/C26H28N4O4/c1-17-22(33-2)14-20(15-23(17)34-3)25(32)29-16-19-9-11-21(12-10-19)30(26(27)28)24(31)13-18-7-5-4-6-8-18/h4-12,14-15H,13,16H2,1-3H3,(H3,27,28)(H,29,32). The van der Waals surface area contributed by atoms with E-state index in [9.17, 15) is 9.59 Å². The van der Waals surface area contributed by atoms with Crippen LogP contribution in [-0.4, -0.2) is 32.0 Å². The van der Waals surface area contributed by atoms with Gasteiger partial charge in [-0.2, -0.15) is 0 Å². The molecular formula is C26H28N4O4. The zero-order valence-electron chi connectivity index (χ0n) is 19.4. The van der Waals surface area contributed by atoms with Crippen LogP contribution in [0.4, 0.5) is 5.69 Å². The van der Waals surface area contributed by atoms with E-state index < -0.39 is 0 Å². The van der Waals surface area contributed by atoms with Gasteiger partial charge in [-0.3, -0.25) is 19.9 Å². The summed E-state index contributed by atoms with van der Waals surface area (Å²) in [5.41, 5.74) is 9.07. The summed E-state index contributed by atoms with van der Waals surface area (Å²) in [5.74, 6) is 0.201. The molecule has 0 aromatic heterocycles. The van der Waals surface area contributed by atoms with Crippen LogP contribution in [0.3, 0.4) is 0 Å². The molecule has 2 amide bonds. The van der Waals surface area contributed by atoms with Gasteiger partial charge >= 0.3 is 0 Å². The lowest BCUT2D eigenvalue weighted by atomic mass is 10.1. The zero-order valence-corrected chi connectivity index (χ0v) is 19.4. The van der Waals surface area contributed by atoms with Crippen LogP contribution in [0.15, 0.2) is 66.7 Å². The van der Waals surface area contributed by atoms with Gasteiger partial charge in [-0.05, 0) is 42.3 Å². The van der Waals surface area contributed by atoms with Crippen LogP contribution in [0, 0.1) is 12.3 Å². The summed E-state index contributed by atoms with van der Waals surface area (Å²) in [7, 11) is 3.08. The van der Waals surface area contributed by atoms with Crippen LogP contribution in [0.2, 0.25) is 0 Å². The number of guanidine groups is 1.